The molecule has 0 saturated carbocycles. The summed E-state index contributed by atoms with van der Waals surface area (Å²) in [6.07, 6.45) is 1.45. The Labute approximate surface area is 183 Å². The van der Waals surface area contributed by atoms with Crippen LogP contribution in [0, 0.1) is 0 Å². The number of carbonyl (C=O) groups excluding carboxylic acids is 1. The van der Waals surface area contributed by atoms with Crippen molar-refractivity contribution in [2.24, 2.45) is 4.99 Å². The Morgan fingerprint density at radius 2 is 1.72 bits per heavy atom. The van der Waals surface area contributed by atoms with Crippen LogP contribution in [0.3, 0.4) is 0 Å². The first-order valence-corrected chi connectivity index (χ1v) is 9.97. The van der Waals surface area contributed by atoms with Crippen LogP contribution in [-0.2, 0) is 4.74 Å². The van der Waals surface area contributed by atoms with Crippen molar-refractivity contribution in [3.05, 3.63) is 94.3 Å². The summed E-state index contributed by atoms with van der Waals surface area (Å²) in [7, 11) is 0. The lowest BCUT2D eigenvalue weighted by molar-refractivity contribution is 0.0526. The third-order valence-corrected chi connectivity index (χ3v) is 4.91. The van der Waals surface area contributed by atoms with Crippen LogP contribution in [0.25, 0.3) is 16.5 Å². The zero-order valence-corrected chi connectivity index (χ0v) is 17.2. The third kappa shape index (κ3) is 3.96. The Hall–Kier alpha value is -4.39. The second-order valence-corrected chi connectivity index (χ2v) is 6.97. The number of hydrogen-bond acceptors (Lipinski definition) is 6. The molecule has 3 aromatic carbocycles. The van der Waals surface area contributed by atoms with Crippen molar-refractivity contribution < 1.29 is 19.7 Å². The molecular weight excluding hydrogens is 408 g/mol. The lowest BCUT2D eigenvalue weighted by atomic mass is 10.1. The van der Waals surface area contributed by atoms with Crippen LogP contribution < -0.4 is 5.56 Å². The molecule has 0 amide bonds. The number of phenols is 1. The van der Waals surface area contributed by atoms with Gasteiger partial charge in [-0.2, -0.15) is 0 Å². The summed E-state index contributed by atoms with van der Waals surface area (Å²) >= 11 is 0. The minimum atomic E-state index is -0.465. The molecule has 2 N–H and O–H groups in total. The second-order valence-electron chi connectivity index (χ2n) is 6.97. The number of fused-ring (bicyclic) bond motifs is 1. The van der Waals surface area contributed by atoms with E-state index in [2.05, 4.69) is 4.99 Å². The van der Waals surface area contributed by atoms with Crippen molar-refractivity contribution in [3.8, 4) is 17.3 Å². The zero-order valence-electron chi connectivity index (χ0n) is 17.2. The van der Waals surface area contributed by atoms with Gasteiger partial charge in [-0.1, -0.05) is 24.3 Å². The highest BCUT2D eigenvalue weighted by Crippen LogP contribution is 2.27. The number of aromatic nitrogens is 1. The van der Waals surface area contributed by atoms with E-state index in [-0.39, 0.29) is 18.2 Å². The van der Waals surface area contributed by atoms with Gasteiger partial charge in [0.1, 0.15) is 5.75 Å². The summed E-state index contributed by atoms with van der Waals surface area (Å²) in [5.74, 6) is -0.685. The molecule has 0 aliphatic carbocycles. The molecule has 0 aliphatic rings. The minimum absolute atomic E-state index is 0.0698. The highest BCUT2D eigenvalue weighted by atomic mass is 16.5. The molecule has 7 heteroatoms. The van der Waals surface area contributed by atoms with E-state index < -0.39 is 11.5 Å². The van der Waals surface area contributed by atoms with Crippen molar-refractivity contribution >= 4 is 28.6 Å². The van der Waals surface area contributed by atoms with Crippen LogP contribution in [0.15, 0.2) is 82.6 Å². The number of phenolic OH excluding ortho intramolecular Hbond substituents is 1. The quantitative estimate of drug-likeness (QED) is 0.364. The molecule has 1 heterocycles. The third-order valence-electron chi connectivity index (χ3n) is 4.91. The van der Waals surface area contributed by atoms with Crippen molar-refractivity contribution in [1.82, 2.24) is 4.57 Å². The topological polar surface area (TPSA) is 101 Å². The second kappa shape index (κ2) is 8.77. The van der Waals surface area contributed by atoms with Gasteiger partial charge in [0.05, 0.1) is 29.1 Å². The Morgan fingerprint density at radius 1 is 1.00 bits per heavy atom. The molecule has 0 saturated heterocycles. The molecule has 4 rings (SSSR count). The predicted molar refractivity (Wildman–Crippen MR) is 123 cm³/mol. The summed E-state index contributed by atoms with van der Waals surface area (Å²) in [5, 5.41) is 21.6. The molecule has 0 radical (unpaired) electrons. The van der Waals surface area contributed by atoms with Gasteiger partial charge in [0.15, 0.2) is 0 Å². The number of benzene rings is 3. The predicted octanol–water partition coefficient (Wildman–Crippen LogP) is 4.33. The van der Waals surface area contributed by atoms with Gasteiger partial charge < -0.3 is 14.9 Å². The Bertz CT molecular complexity index is 1390. The van der Waals surface area contributed by atoms with Crippen LogP contribution in [0.1, 0.15) is 22.8 Å². The van der Waals surface area contributed by atoms with Gasteiger partial charge in [-0.15, -0.1) is 0 Å². The number of rotatable bonds is 5. The number of ether oxygens (including phenoxy) is 1. The van der Waals surface area contributed by atoms with Gasteiger partial charge in [0.25, 0.3) is 5.56 Å². The van der Waals surface area contributed by atoms with Crippen LogP contribution in [0.2, 0.25) is 0 Å². The molecule has 0 aliphatic heterocycles. The largest absolute Gasteiger partial charge is 0.508 e. The van der Waals surface area contributed by atoms with E-state index in [0.29, 0.717) is 33.3 Å². The van der Waals surface area contributed by atoms with E-state index in [9.17, 15) is 19.8 Å². The fraction of sp³-hybridized carbons (Fsp3) is 0.0800. The SMILES string of the molecule is CCOC(=O)c1ccc(-n2c(O)c(C=Nc3cccc(O)c3)c3ccccc3c2=O)cc1. The molecule has 4 aromatic rings. The number of hydrogen-bond donors (Lipinski definition) is 2. The lowest BCUT2D eigenvalue weighted by Gasteiger charge is -2.14. The van der Waals surface area contributed by atoms with Gasteiger partial charge in [0, 0.05) is 23.1 Å². The normalized spacial score (nSPS) is 11.2. The first-order chi connectivity index (χ1) is 15.5. The van der Waals surface area contributed by atoms with E-state index >= 15 is 0 Å². The standard InChI is InChI=1S/C25H20N2O5/c1-2-32-25(31)16-10-12-18(13-11-16)27-23(29)21-9-4-3-8-20(21)22(24(27)30)15-26-17-6-5-7-19(28)14-17/h3-15,28,30H,2H2,1H3. The van der Waals surface area contributed by atoms with Crippen LogP contribution in [0.5, 0.6) is 11.6 Å². The summed E-state index contributed by atoms with van der Waals surface area (Å²) in [6, 6.07) is 19.5. The summed E-state index contributed by atoms with van der Waals surface area (Å²) in [4.78, 5) is 29.4. The lowest BCUT2D eigenvalue weighted by Crippen LogP contribution is -2.20. The highest BCUT2D eigenvalue weighted by Gasteiger charge is 2.17. The number of pyridine rings is 1. The van der Waals surface area contributed by atoms with Gasteiger partial charge in [-0.25, -0.2) is 9.36 Å². The van der Waals surface area contributed by atoms with Gasteiger partial charge >= 0.3 is 5.97 Å². The number of aromatic hydroxyl groups is 2. The zero-order chi connectivity index (χ0) is 22.7. The van der Waals surface area contributed by atoms with Gasteiger partial charge in [0.2, 0.25) is 5.88 Å². The average molecular weight is 428 g/mol. The van der Waals surface area contributed by atoms with E-state index in [1.54, 1.807) is 55.5 Å². The minimum Gasteiger partial charge on any atom is -0.508 e. The molecule has 7 nitrogen and oxygen atoms in total. The van der Waals surface area contributed by atoms with E-state index in [1.807, 2.05) is 0 Å². The number of carbonyl (C=O) groups is 1. The van der Waals surface area contributed by atoms with E-state index in [1.165, 1.54) is 35.0 Å². The molecule has 0 unspecified atom stereocenters. The molecule has 32 heavy (non-hydrogen) atoms. The maximum absolute atomic E-state index is 13.2. The van der Waals surface area contributed by atoms with Crippen LogP contribution in [0.4, 0.5) is 5.69 Å². The average Bonchev–Trinajstić information content (AvgIpc) is 2.80. The Morgan fingerprint density at radius 3 is 2.41 bits per heavy atom. The summed E-state index contributed by atoms with van der Waals surface area (Å²) in [6.45, 7) is 1.98. The van der Waals surface area contributed by atoms with Crippen molar-refractivity contribution in [3.63, 3.8) is 0 Å². The van der Waals surface area contributed by atoms with E-state index in [4.69, 9.17) is 4.74 Å². The van der Waals surface area contributed by atoms with Gasteiger partial charge in [-0.05, 0) is 49.4 Å². The molecule has 0 atom stereocenters. The summed E-state index contributed by atoms with van der Waals surface area (Å²) in [5.41, 5.74) is 1.16. The van der Waals surface area contributed by atoms with E-state index in [0.717, 1.165) is 0 Å². The molecule has 0 fully saturated rings. The molecule has 0 spiro atoms. The Kier molecular flexibility index (Phi) is 5.72. The fourth-order valence-electron chi connectivity index (χ4n) is 3.40. The van der Waals surface area contributed by atoms with Crippen molar-refractivity contribution in [2.45, 2.75) is 6.92 Å². The van der Waals surface area contributed by atoms with Crippen LogP contribution in [-0.4, -0.2) is 33.6 Å². The van der Waals surface area contributed by atoms with Crippen molar-refractivity contribution in [2.75, 3.05) is 6.61 Å². The molecular formula is C25H20N2O5. The number of nitrogens with zero attached hydrogens (tertiary/aromatic N) is 2. The first kappa shape index (κ1) is 20.9. The monoisotopic (exact) mass is 428 g/mol. The fourth-order valence-corrected chi connectivity index (χ4v) is 3.40. The molecule has 1 aromatic heterocycles. The van der Waals surface area contributed by atoms with Crippen molar-refractivity contribution in [1.29, 1.82) is 0 Å². The molecule has 160 valence electrons. The first-order valence-electron chi connectivity index (χ1n) is 9.97. The smallest absolute Gasteiger partial charge is 0.338 e. The molecule has 0 bridgehead atoms. The summed E-state index contributed by atoms with van der Waals surface area (Å²) < 4.78 is 6.16. The maximum atomic E-state index is 13.2. The van der Waals surface area contributed by atoms with Crippen LogP contribution >= 0.6 is 0 Å². The number of esters is 1. The number of aliphatic imine (C=N–C) groups is 1. The highest BCUT2D eigenvalue weighted by molar-refractivity contribution is 6.02. The Balaban J connectivity index is 1.87. The maximum Gasteiger partial charge on any atom is 0.338 e. The van der Waals surface area contributed by atoms with Gasteiger partial charge in [-0.3, -0.25) is 9.79 Å².